The average Bonchev–Trinajstić information content (AvgIpc) is 2.19. The maximum atomic E-state index is 10.9. The highest BCUT2D eigenvalue weighted by Crippen LogP contribution is 2.05. The quantitative estimate of drug-likeness (QED) is 0.734. The van der Waals surface area contributed by atoms with Gasteiger partial charge in [-0.25, -0.2) is 9.97 Å². The van der Waals surface area contributed by atoms with Gasteiger partial charge in [0.1, 0.15) is 5.82 Å². The second kappa shape index (κ2) is 3.69. The van der Waals surface area contributed by atoms with Crippen LogP contribution in [0.2, 0.25) is 0 Å². The zero-order valence-corrected chi connectivity index (χ0v) is 7.27. The van der Waals surface area contributed by atoms with Gasteiger partial charge in [-0.3, -0.25) is 9.78 Å². The van der Waals surface area contributed by atoms with E-state index in [1.165, 1.54) is 12.3 Å². The molecular weight excluding hydrogens is 180 g/mol. The van der Waals surface area contributed by atoms with Crippen molar-refractivity contribution < 1.29 is 0 Å². The molecule has 2 heterocycles. The van der Waals surface area contributed by atoms with Crippen LogP contribution >= 0.6 is 0 Å². The van der Waals surface area contributed by atoms with Crippen LogP contribution < -0.4 is 10.9 Å². The summed E-state index contributed by atoms with van der Waals surface area (Å²) in [6.45, 7) is 0. The third-order valence-corrected chi connectivity index (χ3v) is 1.58. The third kappa shape index (κ3) is 1.95. The molecule has 5 nitrogen and oxygen atoms in total. The lowest BCUT2D eigenvalue weighted by atomic mass is 10.5. The molecule has 0 aromatic carbocycles. The lowest BCUT2D eigenvalue weighted by Gasteiger charge is -2.01. The summed E-state index contributed by atoms with van der Waals surface area (Å²) in [4.78, 5) is 21.4. The summed E-state index contributed by atoms with van der Waals surface area (Å²) in [6, 6.07) is 6.79. The Labute approximate surface area is 79.9 Å². The van der Waals surface area contributed by atoms with Crippen molar-refractivity contribution >= 4 is 11.8 Å². The van der Waals surface area contributed by atoms with Crippen LogP contribution in [0.15, 0.2) is 41.5 Å². The van der Waals surface area contributed by atoms with E-state index in [-0.39, 0.29) is 5.56 Å². The van der Waals surface area contributed by atoms with Crippen LogP contribution in [0.25, 0.3) is 0 Å². The van der Waals surface area contributed by atoms with Crippen molar-refractivity contribution in [3.05, 3.63) is 47.0 Å². The maximum Gasteiger partial charge on any atom is 0.252 e. The van der Waals surface area contributed by atoms with Crippen molar-refractivity contribution in [3.8, 4) is 0 Å². The van der Waals surface area contributed by atoms with Crippen molar-refractivity contribution in [1.29, 1.82) is 0 Å². The molecule has 70 valence electrons. The van der Waals surface area contributed by atoms with E-state index in [0.29, 0.717) is 11.8 Å². The molecular formula is C9H8N4O. The Kier molecular flexibility index (Phi) is 2.22. The standard InChI is InChI=1S/C9H8N4O/c14-8-4-6-11-9(13-8)12-7-3-1-2-5-10-7/h1-6H,(H2,10,11,12,13,14). The average molecular weight is 188 g/mol. The molecule has 0 amide bonds. The molecule has 0 unspecified atom stereocenters. The minimum absolute atomic E-state index is 0.196. The second-order valence-corrected chi connectivity index (χ2v) is 2.62. The number of aromatic amines is 1. The Balaban J connectivity index is 2.24. The Morgan fingerprint density at radius 2 is 2.07 bits per heavy atom. The molecule has 0 spiro atoms. The summed E-state index contributed by atoms with van der Waals surface area (Å²) in [5.41, 5.74) is -0.196. The van der Waals surface area contributed by atoms with Gasteiger partial charge in [0, 0.05) is 18.5 Å². The molecule has 0 bridgehead atoms. The lowest BCUT2D eigenvalue weighted by molar-refractivity contribution is 1.11. The maximum absolute atomic E-state index is 10.9. The number of rotatable bonds is 2. The zero-order chi connectivity index (χ0) is 9.80. The van der Waals surface area contributed by atoms with Gasteiger partial charge in [-0.1, -0.05) is 6.07 Å². The van der Waals surface area contributed by atoms with Gasteiger partial charge in [-0.2, -0.15) is 0 Å². The van der Waals surface area contributed by atoms with Gasteiger partial charge >= 0.3 is 0 Å². The number of H-pyrrole nitrogens is 1. The molecule has 2 aromatic rings. The fourth-order valence-corrected chi connectivity index (χ4v) is 0.992. The van der Waals surface area contributed by atoms with Crippen molar-refractivity contribution in [3.63, 3.8) is 0 Å². The topological polar surface area (TPSA) is 70.7 Å². The monoisotopic (exact) mass is 188 g/mol. The Morgan fingerprint density at radius 1 is 1.14 bits per heavy atom. The van der Waals surface area contributed by atoms with Crippen molar-refractivity contribution in [2.75, 3.05) is 5.32 Å². The molecule has 2 rings (SSSR count). The molecule has 2 aromatic heterocycles. The fraction of sp³-hybridized carbons (Fsp3) is 0. The van der Waals surface area contributed by atoms with Crippen LogP contribution in [0.1, 0.15) is 0 Å². The molecule has 0 radical (unpaired) electrons. The van der Waals surface area contributed by atoms with Crippen LogP contribution in [-0.4, -0.2) is 15.0 Å². The second-order valence-electron chi connectivity index (χ2n) is 2.62. The molecule has 0 aliphatic heterocycles. The van der Waals surface area contributed by atoms with E-state index < -0.39 is 0 Å². The van der Waals surface area contributed by atoms with E-state index in [1.807, 2.05) is 12.1 Å². The summed E-state index contributed by atoms with van der Waals surface area (Å²) in [5.74, 6) is 1.03. The molecule has 0 fully saturated rings. The number of hydrogen-bond acceptors (Lipinski definition) is 4. The minimum atomic E-state index is -0.196. The number of aromatic nitrogens is 3. The van der Waals surface area contributed by atoms with Crippen LogP contribution in [0, 0.1) is 0 Å². The van der Waals surface area contributed by atoms with Gasteiger partial charge in [0.2, 0.25) is 5.95 Å². The summed E-state index contributed by atoms with van der Waals surface area (Å²) in [7, 11) is 0. The Hall–Kier alpha value is -2.17. The van der Waals surface area contributed by atoms with E-state index in [2.05, 4.69) is 20.3 Å². The smallest absolute Gasteiger partial charge is 0.252 e. The van der Waals surface area contributed by atoms with Crippen LogP contribution in [0.5, 0.6) is 0 Å². The highest BCUT2D eigenvalue weighted by molar-refractivity contribution is 5.46. The summed E-state index contributed by atoms with van der Waals surface area (Å²) < 4.78 is 0. The molecule has 5 heteroatoms. The highest BCUT2D eigenvalue weighted by atomic mass is 16.1. The first-order valence-electron chi connectivity index (χ1n) is 4.08. The van der Waals surface area contributed by atoms with Crippen molar-refractivity contribution in [2.24, 2.45) is 0 Å². The Bertz CT molecular complexity index is 465. The Morgan fingerprint density at radius 3 is 2.79 bits per heavy atom. The number of hydrogen-bond donors (Lipinski definition) is 2. The molecule has 0 saturated heterocycles. The normalized spacial score (nSPS) is 9.71. The van der Waals surface area contributed by atoms with Gasteiger partial charge in [0.05, 0.1) is 0 Å². The van der Waals surface area contributed by atoms with Crippen molar-refractivity contribution in [1.82, 2.24) is 15.0 Å². The van der Waals surface area contributed by atoms with Crippen molar-refractivity contribution in [2.45, 2.75) is 0 Å². The summed E-state index contributed by atoms with van der Waals surface area (Å²) in [5, 5.41) is 2.87. The van der Waals surface area contributed by atoms with Crippen LogP contribution in [-0.2, 0) is 0 Å². The molecule has 14 heavy (non-hydrogen) atoms. The van der Waals surface area contributed by atoms with E-state index in [9.17, 15) is 4.79 Å². The number of pyridine rings is 1. The lowest BCUT2D eigenvalue weighted by Crippen LogP contribution is -2.08. The predicted octanol–water partition coefficient (Wildman–Crippen LogP) is 0.908. The number of anilines is 2. The number of nitrogens with one attached hydrogen (secondary N) is 2. The SMILES string of the molecule is O=c1ccnc(Nc2ccccn2)[nH]1. The van der Waals surface area contributed by atoms with Gasteiger partial charge in [-0.15, -0.1) is 0 Å². The first-order valence-corrected chi connectivity index (χ1v) is 4.08. The molecule has 0 aliphatic rings. The van der Waals surface area contributed by atoms with Crippen LogP contribution in [0.3, 0.4) is 0 Å². The molecule has 2 N–H and O–H groups in total. The summed E-state index contributed by atoms with van der Waals surface area (Å²) in [6.07, 6.45) is 3.09. The van der Waals surface area contributed by atoms with E-state index in [1.54, 1.807) is 12.3 Å². The van der Waals surface area contributed by atoms with Gasteiger partial charge in [-0.05, 0) is 12.1 Å². The van der Waals surface area contributed by atoms with E-state index in [0.717, 1.165) is 0 Å². The first-order chi connectivity index (χ1) is 6.84. The fourth-order valence-electron chi connectivity index (χ4n) is 0.992. The zero-order valence-electron chi connectivity index (χ0n) is 7.27. The largest absolute Gasteiger partial charge is 0.310 e. The van der Waals surface area contributed by atoms with E-state index >= 15 is 0 Å². The molecule has 0 atom stereocenters. The molecule has 0 saturated carbocycles. The summed E-state index contributed by atoms with van der Waals surface area (Å²) >= 11 is 0. The minimum Gasteiger partial charge on any atom is -0.310 e. The van der Waals surface area contributed by atoms with Gasteiger partial charge in [0.15, 0.2) is 0 Å². The third-order valence-electron chi connectivity index (χ3n) is 1.58. The van der Waals surface area contributed by atoms with Crippen LogP contribution in [0.4, 0.5) is 11.8 Å². The number of nitrogens with zero attached hydrogens (tertiary/aromatic N) is 2. The predicted molar refractivity (Wildman–Crippen MR) is 52.4 cm³/mol. The molecule has 0 aliphatic carbocycles. The van der Waals surface area contributed by atoms with Gasteiger partial charge in [0.25, 0.3) is 5.56 Å². The van der Waals surface area contributed by atoms with E-state index in [4.69, 9.17) is 0 Å². The first kappa shape index (κ1) is 8.43. The van der Waals surface area contributed by atoms with Gasteiger partial charge < -0.3 is 5.32 Å². The highest BCUT2D eigenvalue weighted by Gasteiger charge is 1.95.